The average molecular weight is 262 g/mol. The normalized spacial score (nSPS) is 23.4. The molecule has 1 aliphatic rings. The third kappa shape index (κ3) is 4.37. The number of hydrogen-bond donors (Lipinski definition) is 3. The molecule has 0 aliphatic heterocycles. The summed E-state index contributed by atoms with van der Waals surface area (Å²) in [5.74, 6) is -0.0893. The minimum Gasteiger partial charge on any atom is -0.506 e. The Bertz CT molecular complexity index is 466. The quantitative estimate of drug-likeness (QED) is 0.715. The van der Waals surface area contributed by atoms with Gasteiger partial charge in [-0.2, -0.15) is 0 Å². The van der Waals surface area contributed by atoms with Gasteiger partial charge in [-0.15, -0.1) is 0 Å². The Labute approximate surface area is 112 Å². The van der Waals surface area contributed by atoms with Crippen LogP contribution in [-0.4, -0.2) is 33.3 Å². The van der Waals surface area contributed by atoms with E-state index >= 15 is 0 Å². The zero-order valence-electron chi connectivity index (χ0n) is 10.6. The lowest BCUT2D eigenvalue weighted by Gasteiger charge is -2.25. The zero-order valence-corrected chi connectivity index (χ0v) is 10.6. The number of hydrogen-bond acceptors (Lipinski definition) is 4. The summed E-state index contributed by atoms with van der Waals surface area (Å²) < 4.78 is 0. The summed E-state index contributed by atoms with van der Waals surface area (Å²) in [6.07, 6.45) is 8.84. The van der Waals surface area contributed by atoms with Gasteiger partial charge >= 0.3 is 0 Å². The molecule has 1 amide bonds. The van der Waals surface area contributed by atoms with E-state index in [4.69, 9.17) is 0 Å². The van der Waals surface area contributed by atoms with Crippen LogP contribution in [0.4, 0.5) is 0 Å². The van der Waals surface area contributed by atoms with Crippen LogP contribution in [0, 0.1) is 0 Å². The van der Waals surface area contributed by atoms with Crippen LogP contribution in [0.1, 0.15) is 31.2 Å². The summed E-state index contributed by atoms with van der Waals surface area (Å²) in [6.45, 7) is 0. The Morgan fingerprint density at radius 2 is 2.05 bits per heavy atom. The van der Waals surface area contributed by atoms with Gasteiger partial charge in [0.1, 0.15) is 5.75 Å². The summed E-state index contributed by atoms with van der Waals surface area (Å²) in [6, 6.07) is 1.68. The SMILES string of the molecule is O=C(/C=C/c1cncc(O)c1)NC1CCC(O)CC1. The molecule has 3 N–H and O–H groups in total. The lowest BCUT2D eigenvalue weighted by molar-refractivity contribution is -0.117. The molecule has 0 saturated heterocycles. The number of nitrogens with zero attached hydrogens (tertiary/aromatic N) is 1. The van der Waals surface area contributed by atoms with Gasteiger partial charge in [-0.3, -0.25) is 9.78 Å². The van der Waals surface area contributed by atoms with Gasteiger partial charge in [0.05, 0.1) is 12.3 Å². The van der Waals surface area contributed by atoms with Crippen molar-refractivity contribution < 1.29 is 15.0 Å². The molecule has 1 fully saturated rings. The van der Waals surface area contributed by atoms with E-state index in [9.17, 15) is 15.0 Å². The highest BCUT2D eigenvalue weighted by Crippen LogP contribution is 2.18. The summed E-state index contributed by atoms with van der Waals surface area (Å²) in [4.78, 5) is 15.5. The third-order valence-electron chi connectivity index (χ3n) is 3.22. The number of aliphatic hydroxyl groups is 1. The van der Waals surface area contributed by atoms with Gasteiger partial charge in [-0.25, -0.2) is 0 Å². The molecule has 1 aromatic rings. The topological polar surface area (TPSA) is 82.5 Å². The van der Waals surface area contributed by atoms with Gasteiger partial charge in [0.2, 0.25) is 5.91 Å². The number of pyridine rings is 1. The van der Waals surface area contributed by atoms with Crippen LogP contribution in [0.5, 0.6) is 5.75 Å². The first-order valence-corrected chi connectivity index (χ1v) is 6.44. The van der Waals surface area contributed by atoms with Crippen LogP contribution in [0.15, 0.2) is 24.5 Å². The smallest absolute Gasteiger partial charge is 0.244 e. The second-order valence-electron chi connectivity index (χ2n) is 4.82. The van der Waals surface area contributed by atoms with Crippen LogP contribution in [-0.2, 0) is 4.79 Å². The lowest BCUT2D eigenvalue weighted by Crippen LogP contribution is -2.37. The van der Waals surface area contributed by atoms with Gasteiger partial charge in [0.25, 0.3) is 0 Å². The van der Waals surface area contributed by atoms with E-state index in [0.717, 1.165) is 25.7 Å². The molecule has 1 aliphatic carbocycles. The van der Waals surface area contributed by atoms with Crippen molar-refractivity contribution in [2.75, 3.05) is 0 Å². The number of rotatable bonds is 3. The van der Waals surface area contributed by atoms with Crippen LogP contribution in [0.3, 0.4) is 0 Å². The molecule has 0 aromatic carbocycles. The van der Waals surface area contributed by atoms with Crippen molar-refractivity contribution in [3.8, 4) is 5.75 Å². The first-order valence-electron chi connectivity index (χ1n) is 6.44. The van der Waals surface area contributed by atoms with Crippen LogP contribution < -0.4 is 5.32 Å². The fourth-order valence-corrected chi connectivity index (χ4v) is 2.18. The highest BCUT2D eigenvalue weighted by Gasteiger charge is 2.19. The van der Waals surface area contributed by atoms with Crippen molar-refractivity contribution in [2.45, 2.75) is 37.8 Å². The third-order valence-corrected chi connectivity index (χ3v) is 3.22. The zero-order chi connectivity index (χ0) is 13.7. The molecule has 5 heteroatoms. The molecule has 0 atom stereocenters. The highest BCUT2D eigenvalue weighted by atomic mass is 16.3. The molecule has 0 unspecified atom stereocenters. The van der Waals surface area contributed by atoms with E-state index in [2.05, 4.69) is 10.3 Å². The van der Waals surface area contributed by atoms with Gasteiger partial charge < -0.3 is 15.5 Å². The predicted molar refractivity (Wildman–Crippen MR) is 71.3 cm³/mol. The molecule has 1 aromatic heterocycles. The van der Waals surface area contributed by atoms with Crippen molar-refractivity contribution in [3.05, 3.63) is 30.1 Å². The van der Waals surface area contributed by atoms with Gasteiger partial charge in [-0.1, -0.05) is 0 Å². The van der Waals surface area contributed by atoms with Crippen molar-refractivity contribution >= 4 is 12.0 Å². The monoisotopic (exact) mass is 262 g/mol. The maximum Gasteiger partial charge on any atom is 0.244 e. The Hall–Kier alpha value is -1.88. The molecule has 1 heterocycles. The highest BCUT2D eigenvalue weighted by molar-refractivity contribution is 5.91. The molecule has 0 bridgehead atoms. The minimum absolute atomic E-state index is 0.0730. The van der Waals surface area contributed by atoms with E-state index in [-0.39, 0.29) is 23.8 Å². The Morgan fingerprint density at radius 1 is 1.32 bits per heavy atom. The van der Waals surface area contributed by atoms with Crippen molar-refractivity contribution in [2.24, 2.45) is 0 Å². The summed E-state index contributed by atoms with van der Waals surface area (Å²) in [7, 11) is 0. The van der Waals surface area contributed by atoms with Crippen molar-refractivity contribution in [1.29, 1.82) is 0 Å². The summed E-state index contributed by atoms with van der Waals surface area (Å²) in [5, 5.41) is 21.5. The molecular formula is C14H18N2O3. The predicted octanol–water partition coefficient (Wildman–Crippen LogP) is 1.22. The number of amides is 1. The molecule has 102 valence electrons. The van der Waals surface area contributed by atoms with Gasteiger partial charge in [-0.05, 0) is 43.4 Å². The standard InChI is InChI=1S/C14H18N2O3/c17-12-4-2-11(3-5-12)16-14(19)6-1-10-7-13(18)9-15-8-10/h1,6-9,11-12,17-18H,2-5H2,(H,16,19)/b6-1+. The second-order valence-corrected chi connectivity index (χ2v) is 4.82. The van der Waals surface area contributed by atoms with Gasteiger partial charge in [0, 0.05) is 18.3 Å². The fraction of sp³-hybridized carbons (Fsp3) is 0.429. The molecule has 19 heavy (non-hydrogen) atoms. The fourth-order valence-electron chi connectivity index (χ4n) is 2.18. The number of carbonyl (C=O) groups excluding carboxylic acids is 1. The number of nitrogens with one attached hydrogen (secondary N) is 1. The van der Waals surface area contributed by atoms with Crippen LogP contribution in [0.2, 0.25) is 0 Å². The van der Waals surface area contributed by atoms with E-state index in [0.29, 0.717) is 5.56 Å². The van der Waals surface area contributed by atoms with E-state index in [1.165, 1.54) is 18.3 Å². The van der Waals surface area contributed by atoms with E-state index in [1.807, 2.05) is 0 Å². The minimum atomic E-state index is -0.220. The first-order chi connectivity index (χ1) is 9.13. The maximum absolute atomic E-state index is 11.7. The van der Waals surface area contributed by atoms with Gasteiger partial charge in [0.15, 0.2) is 0 Å². The maximum atomic E-state index is 11.7. The van der Waals surface area contributed by atoms with Crippen molar-refractivity contribution in [1.82, 2.24) is 10.3 Å². The molecule has 1 saturated carbocycles. The molecule has 2 rings (SSSR count). The number of aromatic nitrogens is 1. The number of carbonyl (C=O) groups is 1. The summed E-state index contributed by atoms with van der Waals surface area (Å²) in [5.41, 5.74) is 0.675. The molecule has 0 radical (unpaired) electrons. The lowest BCUT2D eigenvalue weighted by atomic mass is 9.93. The summed E-state index contributed by atoms with van der Waals surface area (Å²) >= 11 is 0. The Morgan fingerprint density at radius 3 is 2.74 bits per heavy atom. The number of aliphatic hydroxyl groups excluding tert-OH is 1. The molecular weight excluding hydrogens is 244 g/mol. The van der Waals surface area contributed by atoms with E-state index < -0.39 is 0 Å². The number of aromatic hydroxyl groups is 1. The second kappa shape index (κ2) is 6.33. The Kier molecular flexibility index (Phi) is 4.52. The first kappa shape index (κ1) is 13.5. The largest absolute Gasteiger partial charge is 0.506 e. The van der Waals surface area contributed by atoms with Crippen LogP contribution in [0.25, 0.3) is 6.08 Å². The average Bonchev–Trinajstić information content (AvgIpc) is 2.39. The molecule has 0 spiro atoms. The van der Waals surface area contributed by atoms with E-state index in [1.54, 1.807) is 12.3 Å². The van der Waals surface area contributed by atoms with Crippen LogP contribution >= 0.6 is 0 Å². The van der Waals surface area contributed by atoms with Crippen molar-refractivity contribution in [3.63, 3.8) is 0 Å². The molecule has 5 nitrogen and oxygen atoms in total. The Balaban J connectivity index is 1.84.